The predicted octanol–water partition coefficient (Wildman–Crippen LogP) is 18.6. The van der Waals surface area contributed by atoms with Gasteiger partial charge in [0.05, 0.1) is 0 Å². The molecule has 0 saturated heterocycles. The largest absolute Gasteiger partial charge is 0.457 e. The lowest BCUT2D eigenvalue weighted by Gasteiger charge is -2.38. The lowest BCUT2D eigenvalue weighted by atomic mass is 9.71. The van der Waals surface area contributed by atoms with Gasteiger partial charge >= 0.3 is 0 Å². The van der Waals surface area contributed by atoms with E-state index in [1.807, 2.05) is 146 Å². The fourth-order valence-corrected chi connectivity index (χ4v) is 10.6. The minimum absolute atomic E-state index is 0.252. The molecule has 12 aromatic rings. The van der Waals surface area contributed by atoms with Crippen molar-refractivity contribution in [2.24, 2.45) is 0 Å². The molecule has 0 unspecified atom stereocenters. The summed E-state index contributed by atoms with van der Waals surface area (Å²) in [4.78, 5) is 0. The molecule has 0 aromatic heterocycles. The second kappa shape index (κ2) is 17.2. The highest BCUT2D eigenvalue weighted by molar-refractivity contribution is 5.91. The number of ether oxygens (including phenoxy) is 6. The van der Waals surface area contributed by atoms with E-state index in [0.717, 1.165) is 88.3 Å². The van der Waals surface area contributed by atoms with E-state index >= 15 is 0 Å². The van der Waals surface area contributed by atoms with Crippen LogP contribution in [0.1, 0.15) is 34.1 Å². The molecule has 2 aliphatic heterocycles. The van der Waals surface area contributed by atoms with E-state index < -0.39 is 0 Å². The summed E-state index contributed by atoms with van der Waals surface area (Å²) in [6, 6.07) is 82.3. The van der Waals surface area contributed by atoms with Crippen LogP contribution in [0.4, 0.5) is 0 Å². The van der Waals surface area contributed by atoms with Gasteiger partial charge in [-0.3, -0.25) is 0 Å². The number of benzene rings is 12. The molecule has 0 fully saturated rings. The van der Waals surface area contributed by atoms with Crippen molar-refractivity contribution >= 4 is 43.1 Å². The third-order valence-corrected chi connectivity index (χ3v) is 14.0. The van der Waals surface area contributed by atoms with Crippen LogP contribution in [0.25, 0.3) is 43.1 Å². The van der Waals surface area contributed by atoms with E-state index in [1.165, 1.54) is 0 Å². The maximum atomic E-state index is 7.02. The molecule has 342 valence electrons. The van der Waals surface area contributed by atoms with E-state index in [-0.39, 0.29) is 11.8 Å². The van der Waals surface area contributed by atoms with Crippen molar-refractivity contribution in [2.75, 3.05) is 0 Å². The van der Waals surface area contributed by atoms with Gasteiger partial charge in [-0.25, -0.2) is 0 Å². The first-order chi connectivity index (χ1) is 35.6. The molecule has 6 heteroatoms. The van der Waals surface area contributed by atoms with Crippen molar-refractivity contribution in [1.82, 2.24) is 0 Å². The van der Waals surface area contributed by atoms with Crippen LogP contribution in [0, 0.1) is 0 Å². The van der Waals surface area contributed by atoms with E-state index in [0.29, 0.717) is 46.0 Å². The quantitative estimate of drug-likeness (QED) is 0.144. The van der Waals surface area contributed by atoms with Crippen LogP contribution in [-0.2, 0) is 0 Å². The maximum absolute atomic E-state index is 7.02. The summed E-state index contributed by atoms with van der Waals surface area (Å²) < 4.78 is 40.9. The molecule has 0 radical (unpaired) electrons. The van der Waals surface area contributed by atoms with Crippen molar-refractivity contribution in [1.29, 1.82) is 0 Å². The Morgan fingerprint density at radius 3 is 0.736 bits per heavy atom. The summed E-state index contributed by atoms with van der Waals surface area (Å²) in [5.41, 5.74) is 4.02. The number of hydrogen-bond donors (Lipinski definition) is 0. The van der Waals surface area contributed by atoms with Crippen LogP contribution in [0.15, 0.2) is 243 Å². The molecule has 0 saturated carbocycles. The topological polar surface area (TPSA) is 55.4 Å². The van der Waals surface area contributed by atoms with Gasteiger partial charge in [-0.2, -0.15) is 0 Å². The third kappa shape index (κ3) is 7.36. The highest BCUT2D eigenvalue weighted by Gasteiger charge is 2.41. The van der Waals surface area contributed by atoms with Gasteiger partial charge in [0.1, 0.15) is 69.0 Å². The van der Waals surface area contributed by atoms with E-state index in [9.17, 15) is 0 Å². The van der Waals surface area contributed by atoms with Gasteiger partial charge in [0.15, 0.2) is 0 Å². The Labute approximate surface area is 415 Å². The lowest BCUT2D eigenvalue weighted by molar-refractivity contribution is 0.401. The second-order valence-electron chi connectivity index (χ2n) is 18.3. The fourth-order valence-electron chi connectivity index (χ4n) is 10.6. The molecule has 0 aliphatic carbocycles. The Morgan fingerprint density at radius 2 is 0.472 bits per heavy atom. The zero-order chi connectivity index (χ0) is 47.5. The smallest absolute Gasteiger partial charge is 0.135 e. The molecule has 0 N–H and O–H groups in total. The average molecular weight is 931 g/mol. The van der Waals surface area contributed by atoms with E-state index in [2.05, 4.69) is 97.1 Å². The van der Waals surface area contributed by atoms with Crippen LogP contribution in [0.5, 0.6) is 69.0 Å². The standard InChI is InChI=1S/C66H42O6/c1-5-21-49-41(13-1)17-9-25-57(49)67-45-29-33-53-61(37-45)71-62-38-46(68-58-26-10-18-42-14-2-6-22-50(42)58)30-34-54(62)65(53)66-55-35-31-47(69-59-27-11-19-43-15-3-7-23-51(43)59)39-63(55)72-64-40-48(32-36-56(64)66)70-60-28-12-20-44-16-4-8-24-52(44)60/h1-40,65-66H. The van der Waals surface area contributed by atoms with Gasteiger partial charge in [0.25, 0.3) is 0 Å². The highest BCUT2D eigenvalue weighted by Crippen LogP contribution is 2.59. The van der Waals surface area contributed by atoms with Crippen molar-refractivity contribution in [3.05, 3.63) is 265 Å². The van der Waals surface area contributed by atoms with Crippen molar-refractivity contribution in [2.45, 2.75) is 11.8 Å². The summed E-state index contributed by atoms with van der Waals surface area (Å²) in [5.74, 6) is 7.96. The SMILES string of the molecule is c1ccc2c(Oc3ccc4c(c3)Oc3cc(Oc5cccc6ccccc56)ccc3C4C3c4ccc(Oc5cccc6ccccc56)cc4Oc4cc(Oc5cccc6ccccc56)ccc43)cccc2c1. The lowest BCUT2D eigenvalue weighted by Crippen LogP contribution is -2.22. The van der Waals surface area contributed by atoms with Crippen LogP contribution in [0.2, 0.25) is 0 Å². The third-order valence-electron chi connectivity index (χ3n) is 14.0. The number of fused-ring (bicyclic) bond motifs is 8. The van der Waals surface area contributed by atoms with Crippen LogP contribution >= 0.6 is 0 Å². The van der Waals surface area contributed by atoms with Crippen molar-refractivity contribution in [3.63, 3.8) is 0 Å². The minimum atomic E-state index is -0.252. The van der Waals surface area contributed by atoms with Gasteiger partial charge in [-0.15, -0.1) is 0 Å². The zero-order valence-corrected chi connectivity index (χ0v) is 38.7. The Kier molecular flexibility index (Phi) is 9.88. The fraction of sp³-hybridized carbons (Fsp3) is 0.0303. The van der Waals surface area contributed by atoms with Gasteiger partial charge in [0.2, 0.25) is 0 Å². The minimum Gasteiger partial charge on any atom is -0.457 e. The molecular formula is C66H42O6. The molecule has 2 aliphatic rings. The molecule has 0 spiro atoms. The van der Waals surface area contributed by atoms with Crippen LogP contribution in [-0.4, -0.2) is 0 Å². The maximum Gasteiger partial charge on any atom is 0.135 e. The molecule has 2 heterocycles. The Balaban J connectivity index is 0.917. The molecular weight excluding hydrogens is 889 g/mol. The van der Waals surface area contributed by atoms with Gasteiger partial charge in [-0.1, -0.05) is 170 Å². The van der Waals surface area contributed by atoms with Gasteiger partial charge in [0, 0.05) is 79.9 Å². The van der Waals surface area contributed by atoms with Crippen molar-refractivity contribution in [3.8, 4) is 69.0 Å². The number of rotatable bonds is 9. The Morgan fingerprint density at radius 1 is 0.236 bits per heavy atom. The zero-order valence-electron chi connectivity index (χ0n) is 38.7. The second-order valence-corrected chi connectivity index (χ2v) is 18.3. The van der Waals surface area contributed by atoms with Crippen molar-refractivity contribution < 1.29 is 28.4 Å². The van der Waals surface area contributed by atoms with E-state index in [1.54, 1.807) is 0 Å². The van der Waals surface area contributed by atoms with Crippen LogP contribution in [0.3, 0.4) is 0 Å². The summed E-state index contributed by atoms with van der Waals surface area (Å²) in [7, 11) is 0. The van der Waals surface area contributed by atoms with Gasteiger partial charge < -0.3 is 28.4 Å². The van der Waals surface area contributed by atoms with Crippen LogP contribution < -0.4 is 28.4 Å². The Hall–Kier alpha value is -9.52. The molecule has 0 amide bonds. The first-order valence-corrected chi connectivity index (χ1v) is 24.2. The Bertz CT molecular complexity index is 3560. The molecule has 0 bridgehead atoms. The summed E-state index contributed by atoms with van der Waals surface area (Å²) >= 11 is 0. The molecule has 12 aromatic carbocycles. The first-order valence-electron chi connectivity index (χ1n) is 24.2. The molecule has 6 nitrogen and oxygen atoms in total. The normalized spacial score (nSPS) is 12.8. The molecule has 72 heavy (non-hydrogen) atoms. The average Bonchev–Trinajstić information content (AvgIpc) is 3.42. The summed E-state index contributed by atoms with van der Waals surface area (Å²) in [6.07, 6.45) is 0. The summed E-state index contributed by atoms with van der Waals surface area (Å²) in [6.45, 7) is 0. The van der Waals surface area contributed by atoms with Gasteiger partial charge in [-0.05, 0) is 70.1 Å². The predicted molar refractivity (Wildman–Crippen MR) is 286 cm³/mol. The number of hydrogen-bond acceptors (Lipinski definition) is 6. The highest BCUT2D eigenvalue weighted by atomic mass is 16.5. The molecule has 14 rings (SSSR count). The van der Waals surface area contributed by atoms with E-state index in [4.69, 9.17) is 28.4 Å². The molecule has 0 atom stereocenters. The summed E-state index contributed by atoms with van der Waals surface area (Å²) in [5, 5.41) is 8.52. The first kappa shape index (κ1) is 41.5. The monoisotopic (exact) mass is 930 g/mol.